The van der Waals surface area contributed by atoms with E-state index < -0.39 is 6.04 Å². The Bertz CT molecular complexity index is 909. The van der Waals surface area contributed by atoms with Gasteiger partial charge in [-0.1, -0.05) is 42.5 Å². The number of nitrogens with zero attached hydrogens (tertiary/aromatic N) is 1. The van der Waals surface area contributed by atoms with Crippen LogP contribution in [0.25, 0.3) is 0 Å². The van der Waals surface area contributed by atoms with Crippen molar-refractivity contribution in [1.82, 2.24) is 15.5 Å². The normalized spacial score (nSPS) is 18.6. The molecule has 144 valence electrons. The summed E-state index contributed by atoms with van der Waals surface area (Å²) in [4.78, 5) is 26.2. The van der Waals surface area contributed by atoms with Crippen molar-refractivity contribution in [3.8, 4) is 5.75 Å². The number of hydrogen-bond donors (Lipinski definition) is 3. The molecule has 7 nitrogen and oxygen atoms in total. The van der Waals surface area contributed by atoms with Gasteiger partial charge >= 0.3 is 6.03 Å². The summed E-state index contributed by atoms with van der Waals surface area (Å²) in [6.45, 7) is 0.886. The van der Waals surface area contributed by atoms with Crippen molar-refractivity contribution in [2.45, 2.75) is 12.6 Å². The Morgan fingerprint density at radius 3 is 2.54 bits per heavy atom. The summed E-state index contributed by atoms with van der Waals surface area (Å²) >= 11 is 0. The van der Waals surface area contributed by atoms with Crippen molar-refractivity contribution in [3.05, 3.63) is 77.0 Å². The number of carbonyl (C=O) groups is 2. The van der Waals surface area contributed by atoms with Crippen LogP contribution in [0.2, 0.25) is 0 Å². The van der Waals surface area contributed by atoms with Gasteiger partial charge in [0.05, 0.1) is 30.5 Å². The first-order chi connectivity index (χ1) is 13.7. The molecule has 0 radical (unpaired) electrons. The number of amides is 3. The molecule has 3 N–H and O–H groups in total. The first kappa shape index (κ1) is 18.1. The van der Waals surface area contributed by atoms with Crippen molar-refractivity contribution in [2.24, 2.45) is 0 Å². The fraction of sp³-hybridized carbons (Fsp3) is 0.238. The van der Waals surface area contributed by atoms with E-state index in [-0.39, 0.29) is 25.1 Å². The molecule has 2 aromatic carbocycles. The molecule has 0 saturated heterocycles. The molecule has 0 aliphatic carbocycles. The molecule has 0 saturated carbocycles. The van der Waals surface area contributed by atoms with Gasteiger partial charge in [0.1, 0.15) is 12.4 Å². The molecule has 3 amide bonds. The van der Waals surface area contributed by atoms with Gasteiger partial charge in [-0.25, -0.2) is 4.79 Å². The first-order valence-corrected chi connectivity index (χ1v) is 9.13. The molecule has 0 bridgehead atoms. The quantitative estimate of drug-likeness (QED) is 0.713. The highest BCUT2D eigenvalue weighted by molar-refractivity contribution is 6.01. The number of aliphatic hydroxyl groups is 1. The van der Waals surface area contributed by atoms with Gasteiger partial charge in [-0.3, -0.25) is 4.79 Å². The van der Waals surface area contributed by atoms with Crippen LogP contribution in [0.5, 0.6) is 5.75 Å². The minimum atomic E-state index is -0.525. The van der Waals surface area contributed by atoms with Crippen molar-refractivity contribution >= 4 is 11.9 Å². The van der Waals surface area contributed by atoms with Gasteiger partial charge < -0.3 is 25.4 Å². The molecule has 2 heterocycles. The van der Waals surface area contributed by atoms with E-state index in [4.69, 9.17) is 9.84 Å². The van der Waals surface area contributed by atoms with Crippen LogP contribution in [-0.4, -0.2) is 41.6 Å². The van der Waals surface area contributed by atoms with E-state index in [1.807, 2.05) is 54.6 Å². The SMILES string of the molecule is O=C1NC2=C(C(=O)N(CCO)C2)[C@@H](c2ccc(OCc3ccccc3)cc2)N1. The maximum atomic E-state index is 12.7. The second kappa shape index (κ2) is 7.74. The Hall–Kier alpha value is -3.32. The molecule has 2 aromatic rings. The van der Waals surface area contributed by atoms with Gasteiger partial charge in [-0.05, 0) is 23.3 Å². The van der Waals surface area contributed by atoms with E-state index in [0.29, 0.717) is 30.2 Å². The van der Waals surface area contributed by atoms with Gasteiger partial charge in [-0.2, -0.15) is 0 Å². The molecule has 4 rings (SSSR count). The largest absolute Gasteiger partial charge is 0.489 e. The van der Waals surface area contributed by atoms with Gasteiger partial charge in [0, 0.05) is 6.54 Å². The number of rotatable bonds is 6. The third-order valence-corrected chi connectivity index (χ3v) is 4.85. The predicted octanol–water partition coefficient (Wildman–Crippen LogP) is 1.71. The minimum Gasteiger partial charge on any atom is -0.489 e. The summed E-state index contributed by atoms with van der Waals surface area (Å²) in [5.41, 5.74) is 2.99. The maximum Gasteiger partial charge on any atom is 0.319 e. The van der Waals surface area contributed by atoms with Crippen LogP contribution in [-0.2, 0) is 11.4 Å². The molecular weight excluding hydrogens is 358 g/mol. The van der Waals surface area contributed by atoms with Gasteiger partial charge in [0.15, 0.2) is 0 Å². The molecule has 2 aliphatic heterocycles. The number of urea groups is 1. The predicted molar refractivity (Wildman–Crippen MR) is 102 cm³/mol. The van der Waals surface area contributed by atoms with E-state index in [9.17, 15) is 9.59 Å². The molecule has 0 aromatic heterocycles. The van der Waals surface area contributed by atoms with E-state index in [1.54, 1.807) is 0 Å². The monoisotopic (exact) mass is 379 g/mol. The van der Waals surface area contributed by atoms with Crippen LogP contribution in [0.4, 0.5) is 4.79 Å². The first-order valence-electron chi connectivity index (χ1n) is 9.13. The van der Waals surface area contributed by atoms with Gasteiger partial charge in [-0.15, -0.1) is 0 Å². The van der Waals surface area contributed by atoms with E-state index in [0.717, 1.165) is 11.1 Å². The lowest BCUT2D eigenvalue weighted by Crippen LogP contribution is -2.44. The number of ether oxygens (including phenoxy) is 1. The van der Waals surface area contributed by atoms with Crippen molar-refractivity contribution in [3.63, 3.8) is 0 Å². The second-order valence-corrected chi connectivity index (χ2v) is 6.72. The zero-order valence-electron chi connectivity index (χ0n) is 15.2. The summed E-state index contributed by atoms with van der Waals surface area (Å²) in [6, 6.07) is 16.4. The molecule has 28 heavy (non-hydrogen) atoms. The lowest BCUT2D eigenvalue weighted by Gasteiger charge is -2.25. The summed E-state index contributed by atoms with van der Waals surface area (Å²) in [6.07, 6.45) is 0. The van der Waals surface area contributed by atoms with Crippen LogP contribution in [0.1, 0.15) is 17.2 Å². The third-order valence-electron chi connectivity index (χ3n) is 4.85. The number of carbonyl (C=O) groups excluding carboxylic acids is 2. The molecule has 0 spiro atoms. The molecule has 0 unspecified atom stereocenters. The summed E-state index contributed by atoms with van der Waals surface area (Å²) in [7, 11) is 0. The Morgan fingerprint density at radius 1 is 1.07 bits per heavy atom. The van der Waals surface area contributed by atoms with Crippen molar-refractivity contribution in [1.29, 1.82) is 0 Å². The van der Waals surface area contributed by atoms with Gasteiger partial charge in [0.2, 0.25) is 0 Å². The third kappa shape index (κ3) is 3.57. The fourth-order valence-corrected chi connectivity index (χ4v) is 3.48. The van der Waals surface area contributed by atoms with Crippen molar-refractivity contribution in [2.75, 3.05) is 19.7 Å². The molecule has 1 atom stereocenters. The van der Waals surface area contributed by atoms with E-state index in [2.05, 4.69) is 10.6 Å². The molecule has 2 aliphatic rings. The topological polar surface area (TPSA) is 90.9 Å². The molecular formula is C21H21N3O4. The van der Waals surface area contributed by atoms with Crippen LogP contribution in [0.15, 0.2) is 65.9 Å². The summed E-state index contributed by atoms with van der Waals surface area (Å²) in [5, 5.41) is 14.7. The highest BCUT2D eigenvalue weighted by atomic mass is 16.5. The average Bonchev–Trinajstić information content (AvgIpc) is 3.02. The second-order valence-electron chi connectivity index (χ2n) is 6.72. The lowest BCUT2D eigenvalue weighted by atomic mass is 9.96. The fourth-order valence-electron chi connectivity index (χ4n) is 3.48. The zero-order valence-corrected chi connectivity index (χ0v) is 15.2. The average molecular weight is 379 g/mol. The van der Waals surface area contributed by atoms with Crippen LogP contribution in [0.3, 0.4) is 0 Å². The Labute approximate surface area is 162 Å². The number of hydrogen-bond acceptors (Lipinski definition) is 4. The number of benzene rings is 2. The molecule has 0 fully saturated rings. The van der Waals surface area contributed by atoms with Crippen molar-refractivity contribution < 1.29 is 19.4 Å². The van der Waals surface area contributed by atoms with E-state index in [1.165, 1.54) is 4.90 Å². The molecule has 7 heteroatoms. The van der Waals surface area contributed by atoms with E-state index >= 15 is 0 Å². The Kier molecular flexibility index (Phi) is 4.99. The Morgan fingerprint density at radius 2 is 1.82 bits per heavy atom. The Balaban J connectivity index is 1.50. The van der Waals surface area contributed by atoms with Crippen LogP contribution < -0.4 is 15.4 Å². The maximum absolute atomic E-state index is 12.7. The number of nitrogens with one attached hydrogen (secondary N) is 2. The summed E-state index contributed by atoms with van der Waals surface area (Å²) in [5.74, 6) is 0.535. The standard InChI is InChI=1S/C21H21N3O4/c25-11-10-24-12-17-18(20(24)26)19(23-21(27)22-17)15-6-8-16(9-7-15)28-13-14-4-2-1-3-5-14/h1-9,19,25H,10-13H2,(H2,22,23,27)/t19-/m1/s1. The summed E-state index contributed by atoms with van der Waals surface area (Å²) < 4.78 is 5.80. The highest BCUT2D eigenvalue weighted by Crippen LogP contribution is 2.33. The smallest absolute Gasteiger partial charge is 0.319 e. The van der Waals surface area contributed by atoms with Crippen LogP contribution in [0, 0.1) is 0 Å². The lowest BCUT2D eigenvalue weighted by molar-refractivity contribution is -0.126. The highest BCUT2D eigenvalue weighted by Gasteiger charge is 2.40. The van der Waals surface area contributed by atoms with Crippen LogP contribution >= 0.6 is 0 Å². The number of β-amino-alcohol motifs (C(OH)–C–C–N with tert-alkyl or cyclic N) is 1. The van der Waals surface area contributed by atoms with Gasteiger partial charge in [0.25, 0.3) is 5.91 Å². The number of aliphatic hydroxyl groups excluding tert-OH is 1. The minimum absolute atomic E-state index is 0.119. The zero-order chi connectivity index (χ0) is 19.5.